The van der Waals surface area contributed by atoms with Crippen LogP contribution in [0.1, 0.15) is 64.7 Å². The van der Waals surface area contributed by atoms with Crippen molar-refractivity contribution in [1.29, 1.82) is 0 Å². The maximum Gasteiger partial charge on any atom is 0.322 e. The molecule has 0 aromatic heterocycles. The van der Waals surface area contributed by atoms with Crippen LogP contribution in [0.15, 0.2) is 48.6 Å². The number of carbonyl (C=O) groups is 2. The van der Waals surface area contributed by atoms with Crippen LogP contribution in [0.25, 0.3) is 0 Å². The lowest BCUT2D eigenvalue weighted by Gasteiger charge is -2.04. The largest absolute Gasteiger partial charge is 0.480 e. The third-order valence-corrected chi connectivity index (χ3v) is 3.87. The monoisotopic (exact) mass is 393 g/mol. The van der Waals surface area contributed by atoms with E-state index < -0.39 is 5.97 Å². The topological polar surface area (TPSA) is 95.9 Å². The number of rotatable bonds is 17. The first-order valence-corrected chi connectivity index (χ1v) is 10.0. The van der Waals surface area contributed by atoms with Crippen molar-refractivity contribution in [3.8, 4) is 0 Å². The third-order valence-electron chi connectivity index (χ3n) is 3.87. The molecule has 0 radical (unpaired) electrons. The Morgan fingerprint density at radius 1 is 1.00 bits per heavy atom. The standard InChI is InChI=1S/C22H35NO5/c1-2-3-4-5-10-13-16-20(28-27)17-14-11-8-6-7-9-12-15-18-21(24)23-19-22(25)26/h7-11,13-14,17,20,27H,2-6,12,15-16,18-19H2,1H3,(H,23,24)(H,25,26)/b9-7-,11-8-,13-10-,17-14+/t20-/m0/s1. The van der Waals surface area contributed by atoms with Crippen molar-refractivity contribution < 1.29 is 24.8 Å². The number of carbonyl (C=O) groups excluding carboxylic acids is 1. The number of amides is 1. The Kier molecular flexibility index (Phi) is 18.1. The summed E-state index contributed by atoms with van der Waals surface area (Å²) in [6.07, 6.45) is 23.3. The number of carboxylic acid groups (broad SMARTS) is 1. The molecule has 6 nitrogen and oxygen atoms in total. The summed E-state index contributed by atoms with van der Waals surface area (Å²) in [5.74, 6) is -1.28. The van der Waals surface area contributed by atoms with Gasteiger partial charge in [-0.25, -0.2) is 4.89 Å². The highest BCUT2D eigenvalue weighted by Gasteiger charge is 2.02. The average Bonchev–Trinajstić information content (AvgIpc) is 2.68. The van der Waals surface area contributed by atoms with E-state index in [1.807, 2.05) is 42.5 Å². The van der Waals surface area contributed by atoms with Gasteiger partial charge in [0.2, 0.25) is 5.91 Å². The van der Waals surface area contributed by atoms with Gasteiger partial charge in [0.15, 0.2) is 0 Å². The van der Waals surface area contributed by atoms with E-state index in [1.165, 1.54) is 19.3 Å². The van der Waals surface area contributed by atoms with Crippen LogP contribution < -0.4 is 5.32 Å². The summed E-state index contributed by atoms with van der Waals surface area (Å²) in [6, 6.07) is 0. The number of hydrogen-bond donors (Lipinski definition) is 3. The first kappa shape index (κ1) is 25.8. The van der Waals surface area contributed by atoms with E-state index in [1.54, 1.807) is 0 Å². The van der Waals surface area contributed by atoms with Crippen molar-refractivity contribution in [1.82, 2.24) is 5.32 Å². The highest BCUT2D eigenvalue weighted by Crippen LogP contribution is 2.04. The van der Waals surface area contributed by atoms with Crippen molar-refractivity contribution >= 4 is 11.9 Å². The second kappa shape index (κ2) is 19.6. The minimum atomic E-state index is -1.04. The Labute approximate surface area is 168 Å². The molecule has 3 N–H and O–H groups in total. The van der Waals surface area contributed by atoms with Crippen molar-refractivity contribution in [2.75, 3.05) is 6.54 Å². The molecule has 0 bridgehead atoms. The third kappa shape index (κ3) is 18.6. The molecule has 0 aromatic carbocycles. The summed E-state index contributed by atoms with van der Waals surface area (Å²) >= 11 is 0. The number of unbranched alkanes of at least 4 members (excludes halogenated alkanes) is 4. The normalized spacial score (nSPS) is 13.2. The molecule has 0 aliphatic rings. The fourth-order valence-corrected chi connectivity index (χ4v) is 2.30. The Morgan fingerprint density at radius 3 is 2.46 bits per heavy atom. The molecule has 0 aromatic rings. The van der Waals surface area contributed by atoms with E-state index in [4.69, 9.17) is 10.4 Å². The summed E-state index contributed by atoms with van der Waals surface area (Å²) in [5.41, 5.74) is 0. The van der Waals surface area contributed by atoms with Crippen molar-refractivity contribution in [3.05, 3.63) is 48.6 Å². The zero-order chi connectivity index (χ0) is 20.9. The van der Waals surface area contributed by atoms with E-state index in [-0.39, 0.29) is 18.6 Å². The molecule has 0 heterocycles. The first-order chi connectivity index (χ1) is 13.6. The molecular formula is C22H35NO5. The van der Waals surface area contributed by atoms with E-state index in [9.17, 15) is 9.59 Å². The molecule has 28 heavy (non-hydrogen) atoms. The van der Waals surface area contributed by atoms with Gasteiger partial charge in [-0.05, 0) is 38.5 Å². The van der Waals surface area contributed by atoms with Crippen LogP contribution in [0.4, 0.5) is 0 Å². The number of hydrogen-bond acceptors (Lipinski definition) is 4. The van der Waals surface area contributed by atoms with Crippen molar-refractivity contribution in [2.45, 2.75) is 70.8 Å². The second-order valence-corrected chi connectivity index (χ2v) is 6.43. The van der Waals surface area contributed by atoms with Gasteiger partial charge in [-0.2, -0.15) is 0 Å². The van der Waals surface area contributed by atoms with Gasteiger partial charge in [0, 0.05) is 6.42 Å². The fraction of sp³-hybridized carbons (Fsp3) is 0.545. The highest BCUT2D eigenvalue weighted by molar-refractivity contribution is 5.80. The molecule has 0 rings (SSSR count). The molecule has 0 fully saturated rings. The van der Waals surface area contributed by atoms with Crippen LogP contribution >= 0.6 is 0 Å². The predicted octanol–water partition coefficient (Wildman–Crippen LogP) is 4.80. The zero-order valence-electron chi connectivity index (χ0n) is 16.9. The van der Waals surface area contributed by atoms with Crippen LogP contribution in [-0.4, -0.2) is 34.9 Å². The van der Waals surface area contributed by atoms with Gasteiger partial charge in [-0.15, -0.1) is 0 Å². The van der Waals surface area contributed by atoms with Crippen molar-refractivity contribution in [3.63, 3.8) is 0 Å². The molecule has 1 amide bonds. The van der Waals surface area contributed by atoms with Gasteiger partial charge in [0.25, 0.3) is 0 Å². The molecule has 0 aliphatic heterocycles. The molecule has 0 saturated heterocycles. The maximum absolute atomic E-state index is 11.3. The Bertz CT molecular complexity index is 523. The van der Waals surface area contributed by atoms with Crippen LogP contribution in [-0.2, 0) is 14.5 Å². The fourth-order valence-electron chi connectivity index (χ4n) is 2.30. The van der Waals surface area contributed by atoms with Crippen LogP contribution in [0.5, 0.6) is 0 Å². The number of nitrogens with one attached hydrogen (secondary N) is 1. The lowest BCUT2D eigenvalue weighted by atomic mass is 10.1. The van der Waals surface area contributed by atoms with Crippen LogP contribution in [0.3, 0.4) is 0 Å². The van der Waals surface area contributed by atoms with E-state index in [0.717, 1.165) is 19.3 Å². The first-order valence-electron chi connectivity index (χ1n) is 10.0. The van der Waals surface area contributed by atoms with Crippen LogP contribution in [0.2, 0.25) is 0 Å². The Balaban J connectivity index is 3.80. The SMILES string of the molecule is CCCCC/C=C\C[C@@H](/C=C/C=C\C/C=C\CCCC(=O)NCC(=O)O)OO. The summed E-state index contributed by atoms with van der Waals surface area (Å²) in [7, 11) is 0. The zero-order valence-corrected chi connectivity index (χ0v) is 16.9. The molecule has 0 unspecified atom stereocenters. The molecule has 0 spiro atoms. The number of carboxylic acids is 1. The van der Waals surface area contributed by atoms with Crippen LogP contribution in [0, 0.1) is 0 Å². The van der Waals surface area contributed by atoms with Gasteiger partial charge in [0.05, 0.1) is 0 Å². The summed E-state index contributed by atoms with van der Waals surface area (Å²) < 4.78 is 0. The van der Waals surface area contributed by atoms with Gasteiger partial charge in [-0.1, -0.05) is 68.4 Å². The summed E-state index contributed by atoms with van der Waals surface area (Å²) in [5, 5.41) is 19.7. The quantitative estimate of drug-likeness (QED) is 0.108. The smallest absolute Gasteiger partial charge is 0.322 e. The number of allylic oxidation sites excluding steroid dienone is 6. The Morgan fingerprint density at radius 2 is 1.75 bits per heavy atom. The van der Waals surface area contributed by atoms with Gasteiger partial charge in [0.1, 0.15) is 12.6 Å². The highest BCUT2D eigenvalue weighted by atomic mass is 17.1. The molecule has 158 valence electrons. The Hall–Kier alpha value is -2.18. The predicted molar refractivity (Wildman–Crippen MR) is 112 cm³/mol. The molecule has 1 atom stereocenters. The molecule has 6 heteroatoms. The summed E-state index contributed by atoms with van der Waals surface area (Å²) in [4.78, 5) is 26.1. The maximum atomic E-state index is 11.3. The summed E-state index contributed by atoms with van der Waals surface area (Å²) in [6.45, 7) is 1.85. The molecule has 0 saturated carbocycles. The van der Waals surface area contributed by atoms with E-state index >= 15 is 0 Å². The number of aliphatic carboxylic acids is 1. The minimum Gasteiger partial charge on any atom is -0.480 e. The minimum absolute atomic E-state index is 0.239. The van der Waals surface area contributed by atoms with E-state index in [0.29, 0.717) is 19.3 Å². The lowest BCUT2D eigenvalue weighted by Crippen LogP contribution is -2.28. The van der Waals surface area contributed by atoms with Gasteiger partial charge >= 0.3 is 5.97 Å². The second-order valence-electron chi connectivity index (χ2n) is 6.43. The molecular weight excluding hydrogens is 358 g/mol. The van der Waals surface area contributed by atoms with E-state index in [2.05, 4.69) is 23.2 Å². The van der Waals surface area contributed by atoms with Gasteiger partial charge < -0.3 is 10.4 Å². The van der Waals surface area contributed by atoms with Gasteiger partial charge in [-0.3, -0.25) is 14.8 Å². The molecule has 0 aliphatic carbocycles. The lowest BCUT2D eigenvalue weighted by molar-refractivity contribution is -0.264. The van der Waals surface area contributed by atoms with Crippen molar-refractivity contribution in [2.24, 2.45) is 0 Å². The average molecular weight is 394 g/mol.